The smallest absolute Gasteiger partial charge is 0.224 e. The Morgan fingerprint density at radius 1 is 1.29 bits per heavy atom. The summed E-state index contributed by atoms with van der Waals surface area (Å²) in [5.74, 6) is 1.74. The third kappa shape index (κ3) is 3.58. The van der Waals surface area contributed by atoms with Gasteiger partial charge in [0.2, 0.25) is 5.95 Å². The fraction of sp³-hybridized carbons (Fsp3) is 0.692. The molecule has 1 atom stereocenters. The fourth-order valence-electron chi connectivity index (χ4n) is 1.86. The molecule has 1 N–H and O–H groups in total. The second-order valence-corrected chi connectivity index (χ2v) is 4.26. The monoisotopic (exact) mass is 236 g/mol. The Morgan fingerprint density at radius 2 is 2.00 bits per heavy atom. The zero-order chi connectivity index (χ0) is 12.8. The number of aryl methyl sites for hydroxylation is 1. The first kappa shape index (κ1) is 13.7. The molecule has 4 heteroatoms. The van der Waals surface area contributed by atoms with Crippen LogP contribution >= 0.6 is 0 Å². The Balaban J connectivity index is 3.01. The van der Waals surface area contributed by atoms with Gasteiger partial charge in [-0.2, -0.15) is 4.98 Å². The number of aromatic nitrogens is 2. The van der Waals surface area contributed by atoms with E-state index in [9.17, 15) is 0 Å². The lowest BCUT2D eigenvalue weighted by Crippen LogP contribution is -2.33. The summed E-state index contributed by atoms with van der Waals surface area (Å²) < 4.78 is 0. The van der Waals surface area contributed by atoms with Crippen LogP contribution in [0.1, 0.15) is 39.8 Å². The van der Waals surface area contributed by atoms with Crippen molar-refractivity contribution in [3.05, 3.63) is 11.8 Å². The molecule has 1 aromatic heterocycles. The molecule has 1 rings (SSSR count). The molecule has 4 nitrogen and oxygen atoms in total. The van der Waals surface area contributed by atoms with Gasteiger partial charge < -0.3 is 10.2 Å². The molecule has 0 saturated heterocycles. The third-order valence-electron chi connectivity index (χ3n) is 2.93. The van der Waals surface area contributed by atoms with Crippen molar-refractivity contribution in [1.29, 1.82) is 0 Å². The van der Waals surface area contributed by atoms with Crippen LogP contribution in [0.4, 0.5) is 11.8 Å². The van der Waals surface area contributed by atoms with E-state index in [1.54, 1.807) is 0 Å². The molecular weight excluding hydrogens is 212 g/mol. The van der Waals surface area contributed by atoms with E-state index in [1.165, 1.54) is 0 Å². The third-order valence-corrected chi connectivity index (χ3v) is 2.93. The molecule has 17 heavy (non-hydrogen) atoms. The number of nitrogens with one attached hydrogen (secondary N) is 1. The van der Waals surface area contributed by atoms with Gasteiger partial charge in [0.15, 0.2) is 0 Å². The Kier molecular flexibility index (Phi) is 5.19. The van der Waals surface area contributed by atoms with Crippen molar-refractivity contribution < 1.29 is 0 Å². The number of hydrogen-bond donors (Lipinski definition) is 1. The SMILES string of the molecule is CCNc1nc(C)cc(N(CC)C(C)CC)n1. The first-order chi connectivity index (χ1) is 8.12. The molecular formula is C13H24N4. The molecule has 0 spiro atoms. The maximum Gasteiger partial charge on any atom is 0.224 e. The van der Waals surface area contributed by atoms with Crippen LogP contribution in [-0.2, 0) is 0 Å². The highest BCUT2D eigenvalue weighted by Crippen LogP contribution is 2.18. The summed E-state index contributed by atoms with van der Waals surface area (Å²) in [4.78, 5) is 11.3. The summed E-state index contributed by atoms with van der Waals surface area (Å²) in [6.45, 7) is 12.5. The second kappa shape index (κ2) is 6.42. The molecule has 96 valence electrons. The highest BCUT2D eigenvalue weighted by Gasteiger charge is 2.13. The Labute approximate surface area is 104 Å². The molecule has 0 radical (unpaired) electrons. The molecule has 0 saturated carbocycles. The van der Waals surface area contributed by atoms with Gasteiger partial charge in [0.25, 0.3) is 0 Å². The van der Waals surface area contributed by atoms with Gasteiger partial charge >= 0.3 is 0 Å². The lowest BCUT2D eigenvalue weighted by molar-refractivity contribution is 0.622. The quantitative estimate of drug-likeness (QED) is 0.824. The van der Waals surface area contributed by atoms with Gasteiger partial charge in [0.1, 0.15) is 5.82 Å². The molecule has 0 aliphatic heterocycles. The van der Waals surface area contributed by atoms with Gasteiger partial charge in [-0.15, -0.1) is 0 Å². The standard InChI is InChI=1S/C13H24N4/c1-6-11(5)17(8-3)12-9-10(4)15-13(16-12)14-7-2/h9,11H,6-8H2,1-5H3,(H,14,15,16). The van der Waals surface area contributed by atoms with Crippen LogP contribution in [0.2, 0.25) is 0 Å². The summed E-state index contributed by atoms with van der Waals surface area (Å²) >= 11 is 0. The van der Waals surface area contributed by atoms with E-state index < -0.39 is 0 Å². The zero-order valence-corrected chi connectivity index (χ0v) is 11.6. The normalized spacial score (nSPS) is 12.3. The number of nitrogens with zero attached hydrogens (tertiary/aromatic N) is 3. The second-order valence-electron chi connectivity index (χ2n) is 4.26. The Morgan fingerprint density at radius 3 is 2.53 bits per heavy atom. The molecule has 1 heterocycles. The summed E-state index contributed by atoms with van der Waals surface area (Å²) in [5, 5.41) is 3.18. The molecule has 0 bridgehead atoms. The topological polar surface area (TPSA) is 41.1 Å². The van der Waals surface area contributed by atoms with Crippen molar-refractivity contribution in [3.8, 4) is 0 Å². The predicted molar refractivity (Wildman–Crippen MR) is 73.7 cm³/mol. The van der Waals surface area contributed by atoms with E-state index in [-0.39, 0.29) is 0 Å². The average molecular weight is 236 g/mol. The van der Waals surface area contributed by atoms with E-state index in [2.05, 4.69) is 53.9 Å². The molecule has 1 aromatic rings. The lowest BCUT2D eigenvalue weighted by Gasteiger charge is -2.28. The minimum Gasteiger partial charge on any atom is -0.354 e. The van der Waals surface area contributed by atoms with Gasteiger partial charge in [0, 0.05) is 30.9 Å². The van der Waals surface area contributed by atoms with E-state index in [0.717, 1.165) is 37.0 Å². The summed E-state index contributed by atoms with van der Waals surface area (Å²) in [5.41, 5.74) is 1.01. The van der Waals surface area contributed by atoms with E-state index in [4.69, 9.17) is 0 Å². The van der Waals surface area contributed by atoms with Crippen LogP contribution in [0.5, 0.6) is 0 Å². The fourth-order valence-corrected chi connectivity index (χ4v) is 1.86. The van der Waals surface area contributed by atoms with Gasteiger partial charge in [-0.25, -0.2) is 4.98 Å². The van der Waals surface area contributed by atoms with E-state index >= 15 is 0 Å². The predicted octanol–water partition coefficient (Wildman–Crippen LogP) is 2.84. The Bertz CT molecular complexity index is 351. The van der Waals surface area contributed by atoms with E-state index in [0.29, 0.717) is 6.04 Å². The van der Waals surface area contributed by atoms with Crippen LogP contribution in [0.15, 0.2) is 6.07 Å². The van der Waals surface area contributed by atoms with Crippen LogP contribution in [0.3, 0.4) is 0 Å². The highest BCUT2D eigenvalue weighted by atomic mass is 15.2. The number of hydrogen-bond acceptors (Lipinski definition) is 4. The molecule has 0 fully saturated rings. The minimum atomic E-state index is 0.503. The molecule has 0 aliphatic carbocycles. The summed E-state index contributed by atoms with van der Waals surface area (Å²) in [6.07, 6.45) is 1.12. The highest BCUT2D eigenvalue weighted by molar-refractivity contribution is 5.45. The summed E-state index contributed by atoms with van der Waals surface area (Å²) in [6, 6.07) is 2.56. The van der Waals surface area contributed by atoms with Crippen molar-refractivity contribution in [2.75, 3.05) is 23.3 Å². The number of anilines is 2. The van der Waals surface area contributed by atoms with Gasteiger partial charge in [-0.05, 0) is 34.1 Å². The van der Waals surface area contributed by atoms with Crippen LogP contribution < -0.4 is 10.2 Å². The zero-order valence-electron chi connectivity index (χ0n) is 11.6. The maximum absolute atomic E-state index is 4.57. The van der Waals surface area contributed by atoms with E-state index in [1.807, 2.05) is 6.92 Å². The van der Waals surface area contributed by atoms with Crippen LogP contribution in [-0.4, -0.2) is 29.1 Å². The van der Waals surface area contributed by atoms with Crippen LogP contribution in [0.25, 0.3) is 0 Å². The van der Waals surface area contributed by atoms with Crippen LogP contribution in [0, 0.1) is 6.92 Å². The van der Waals surface area contributed by atoms with Gasteiger partial charge in [-0.1, -0.05) is 6.92 Å². The first-order valence-electron chi connectivity index (χ1n) is 6.48. The van der Waals surface area contributed by atoms with Gasteiger partial charge in [0.05, 0.1) is 0 Å². The molecule has 0 amide bonds. The molecule has 1 unspecified atom stereocenters. The maximum atomic E-state index is 4.57. The largest absolute Gasteiger partial charge is 0.354 e. The minimum absolute atomic E-state index is 0.503. The first-order valence-corrected chi connectivity index (χ1v) is 6.48. The van der Waals surface area contributed by atoms with Crippen molar-refractivity contribution in [2.45, 2.75) is 47.1 Å². The lowest BCUT2D eigenvalue weighted by atomic mass is 10.2. The van der Waals surface area contributed by atoms with Crippen molar-refractivity contribution in [1.82, 2.24) is 9.97 Å². The molecule has 0 aromatic carbocycles. The van der Waals surface area contributed by atoms with Crippen molar-refractivity contribution in [3.63, 3.8) is 0 Å². The molecule has 0 aliphatic rings. The van der Waals surface area contributed by atoms with Gasteiger partial charge in [-0.3, -0.25) is 0 Å². The van der Waals surface area contributed by atoms with Crippen molar-refractivity contribution >= 4 is 11.8 Å². The Hall–Kier alpha value is -1.32. The number of rotatable bonds is 6. The van der Waals surface area contributed by atoms with Crippen molar-refractivity contribution in [2.24, 2.45) is 0 Å². The summed E-state index contributed by atoms with van der Waals surface area (Å²) in [7, 11) is 0. The average Bonchev–Trinajstić information content (AvgIpc) is 2.29.